The summed E-state index contributed by atoms with van der Waals surface area (Å²) in [5.41, 5.74) is 0.294. The largest absolute Gasteiger partial charge is 0.506 e. The first kappa shape index (κ1) is 24.5. The highest BCUT2D eigenvalue weighted by Gasteiger charge is 2.52. The number of fused-ring (bicyclic) bond motifs is 2. The Kier molecular flexibility index (Phi) is 5.57. The number of aliphatic carboxylic acids is 1. The van der Waals surface area contributed by atoms with Gasteiger partial charge in [-0.3, -0.25) is 13.9 Å². The summed E-state index contributed by atoms with van der Waals surface area (Å²) in [5, 5.41) is 9.76. The number of amides is 3. The highest BCUT2D eigenvalue weighted by Crippen LogP contribution is 2.42. The van der Waals surface area contributed by atoms with Gasteiger partial charge >= 0.3 is 29.8 Å². The average Bonchev–Trinajstić information content (AvgIpc) is 3.06. The van der Waals surface area contributed by atoms with E-state index in [2.05, 4.69) is 0 Å². The van der Waals surface area contributed by atoms with Gasteiger partial charge in [0.05, 0.1) is 16.6 Å². The average molecular weight is 515 g/mol. The molecule has 0 spiro atoms. The molecule has 2 heterocycles. The van der Waals surface area contributed by atoms with Gasteiger partial charge in [-0.15, -0.1) is 0 Å². The number of carboxylic acid groups (broad SMARTS) is 1. The monoisotopic (exact) mass is 515 g/mol. The number of imide groups is 1. The lowest BCUT2D eigenvalue weighted by molar-refractivity contribution is -0.345. The number of carboxylic acids is 1. The molecule has 5 rings (SSSR count). The molecule has 2 aromatic carbocycles. The fourth-order valence-corrected chi connectivity index (χ4v) is 5.29. The Morgan fingerprint density at radius 2 is 1.76 bits per heavy atom. The van der Waals surface area contributed by atoms with Crippen molar-refractivity contribution in [3.05, 3.63) is 63.6 Å². The van der Waals surface area contributed by atoms with Gasteiger partial charge in [-0.2, -0.15) is 27.4 Å². The van der Waals surface area contributed by atoms with Gasteiger partial charge in [0.2, 0.25) is 5.92 Å². The van der Waals surface area contributed by atoms with E-state index in [9.17, 15) is 37.5 Å². The first-order chi connectivity index (χ1) is 17.4. The van der Waals surface area contributed by atoms with Gasteiger partial charge in [0.15, 0.2) is 0 Å². The molecule has 3 amide bonds. The Hall–Kier alpha value is -4.22. The molecular formula is C25H22F3N4O5+. The summed E-state index contributed by atoms with van der Waals surface area (Å²) >= 11 is 0. The summed E-state index contributed by atoms with van der Waals surface area (Å²) in [6.45, 7) is 0. The molecule has 3 aromatic rings. The van der Waals surface area contributed by atoms with Crippen LogP contribution in [0, 0.1) is 5.92 Å². The van der Waals surface area contributed by atoms with Crippen LogP contribution in [0.2, 0.25) is 0 Å². The van der Waals surface area contributed by atoms with Crippen molar-refractivity contribution >= 4 is 40.8 Å². The number of halogens is 3. The van der Waals surface area contributed by atoms with E-state index in [4.69, 9.17) is 0 Å². The molecule has 9 nitrogen and oxygen atoms in total. The molecule has 12 heteroatoms. The third-order valence-corrected chi connectivity index (χ3v) is 7.11. The van der Waals surface area contributed by atoms with Crippen molar-refractivity contribution in [2.24, 2.45) is 20.0 Å². The number of alkyl halides is 3. The minimum absolute atomic E-state index is 0.000494. The Morgan fingerprint density at radius 1 is 1.05 bits per heavy atom. The number of hydrogen-bond donors (Lipinski definition) is 1. The van der Waals surface area contributed by atoms with Gasteiger partial charge < -0.3 is 5.11 Å². The summed E-state index contributed by atoms with van der Waals surface area (Å²) in [5.74, 6) is -4.25. The molecular weight excluding hydrogens is 493 g/mol. The van der Waals surface area contributed by atoms with E-state index in [0.29, 0.717) is 11.0 Å². The standard InChI is InChI=1S/C25H21F3N4O5/c1-29-19-10-9-13(11-20(19)30(2)23(29)36)31-12-16(22(34)35)21(33)32(24(31)37)18-8-4-5-14-15(18)6-3-7-17(14)25(26,27)28/h3,6-7,9-12,16,18H,4-5,8H2,1-2H3/p+1/t16?,18-/m1/s1. The summed E-state index contributed by atoms with van der Waals surface area (Å²) < 4.78 is 44.8. The van der Waals surface area contributed by atoms with Gasteiger partial charge in [-0.1, -0.05) is 12.1 Å². The molecule has 1 unspecified atom stereocenters. The topological polar surface area (TPSA) is 105 Å². The summed E-state index contributed by atoms with van der Waals surface area (Å²) in [7, 11) is 3.13. The van der Waals surface area contributed by atoms with Crippen LogP contribution in [-0.2, 0) is 36.3 Å². The number of carbonyl (C=O) groups excluding carboxylic acids is 2. The van der Waals surface area contributed by atoms with Gasteiger partial charge in [0.1, 0.15) is 17.9 Å². The molecule has 192 valence electrons. The molecule has 2 aliphatic rings. The molecule has 0 saturated carbocycles. The summed E-state index contributed by atoms with van der Waals surface area (Å²) in [4.78, 5) is 52.1. The second-order valence-electron chi connectivity index (χ2n) is 9.18. The summed E-state index contributed by atoms with van der Waals surface area (Å²) in [6, 6.07) is 6.32. The number of aryl methyl sites for hydroxylation is 2. The van der Waals surface area contributed by atoms with E-state index < -0.39 is 41.6 Å². The van der Waals surface area contributed by atoms with Crippen LogP contribution in [0.4, 0.5) is 23.7 Å². The van der Waals surface area contributed by atoms with E-state index in [1.54, 1.807) is 20.2 Å². The van der Waals surface area contributed by atoms with E-state index in [1.807, 2.05) is 0 Å². The van der Waals surface area contributed by atoms with Crippen molar-refractivity contribution in [3.8, 4) is 0 Å². The minimum Gasteiger partial charge on any atom is -0.480 e. The van der Waals surface area contributed by atoms with E-state index >= 15 is 0 Å². The smallest absolute Gasteiger partial charge is 0.480 e. The molecule has 1 aromatic heterocycles. The maximum absolute atomic E-state index is 13.7. The van der Waals surface area contributed by atoms with Crippen LogP contribution in [0.15, 0.2) is 41.2 Å². The van der Waals surface area contributed by atoms with Crippen LogP contribution < -0.4 is 5.69 Å². The van der Waals surface area contributed by atoms with E-state index in [1.165, 1.54) is 33.4 Å². The van der Waals surface area contributed by atoms with Crippen molar-refractivity contribution in [2.45, 2.75) is 31.5 Å². The zero-order valence-electron chi connectivity index (χ0n) is 19.8. The van der Waals surface area contributed by atoms with Crippen molar-refractivity contribution in [1.82, 2.24) is 14.0 Å². The van der Waals surface area contributed by atoms with Crippen molar-refractivity contribution < 1.29 is 37.2 Å². The maximum atomic E-state index is 13.7. The van der Waals surface area contributed by atoms with Crippen LogP contribution in [0.5, 0.6) is 0 Å². The molecule has 0 bridgehead atoms. The molecule has 0 radical (unpaired) electrons. The zero-order chi connectivity index (χ0) is 26.8. The first-order valence-electron chi connectivity index (χ1n) is 11.5. The van der Waals surface area contributed by atoms with Crippen LogP contribution >= 0.6 is 0 Å². The fraction of sp³-hybridized carbons (Fsp3) is 0.320. The number of carbonyl (C=O) groups is 3. The minimum atomic E-state index is -4.62. The predicted octanol–water partition coefficient (Wildman–Crippen LogP) is 3.35. The highest BCUT2D eigenvalue weighted by atomic mass is 19.4. The maximum Gasteiger partial charge on any atom is 0.506 e. The van der Waals surface area contributed by atoms with Gasteiger partial charge in [-0.05, 0) is 43.0 Å². The number of rotatable bonds is 3. The highest BCUT2D eigenvalue weighted by molar-refractivity contribution is 6.16. The normalized spacial score (nSPS) is 20.2. The number of benzene rings is 2. The van der Waals surface area contributed by atoms with Crippen LogP contribution in [0.25, 0.3) is 11.0 Å². The van der Waals surface area contributed by atoms with Crippen LogP contribution in [0.1, 0.15) is 35.6 Å². The number of imidazole rings is 1. The SMILES string of the molecule is Cn1c(=O)n(C)c2cc([N+]3=CC(C(=O)O)C(=O)N([C@@H]4CCCc5c4cccc5C(F)(F)F)C3=O)ccc21. The van der Waals surface area contributed by atoms with E-state index in [0.717, 1.165) is 21.8 Å². The lowest BCUT2D eigenvalue weighted by atomic mass is 9.83. The van der Waals surface area contributed by atoms with Gasteiger partial charge in [0, 0.05) is 25.7 Å². The van der Waals surface area contributed by atoms with Crippen LogP contribution in [-0.4, -0.2) is 47.8 Å². The van der Waals surface area contributed by atoms with Crippen molar-refractivity contribution in [3.63, 3.8) is 0 Å². The number of aromatic nitrogens is 2. The van der Waals surface area contributed by atoms with Crippen LogP contribution in [0.3, 0.4) is 0 Å². The van der Waals surface area contributed by atoms with Gasteiger partial charge in [0.25, 0.3) is 0 Å². The second-order valence-corrected chi connectivity index (χ2v) is 9.18. The third-order valence-electron chi connectivity index (χ3n) is 7.11. The van der Waals surface area contributed by atoms with Crippen molar-refractivity contribution in [2.75, 3.05) is 0 Å². The Labute approximate surface area is 207 Å². The number of nitrogens with zero attached hydrogens (tertiary/aromatic N) is 4. The second kappa shape index (κ2) is 8.43. The molecule has 1 N–H and O–H groups in total. The molecule has 1 aliphatic heterocycles. The Bertz CT molecular complexity index is 1580. The Morgan fingerprint density at radius 3 is 2.43 bits per heavy atom. The number of hydrogen-bond acceptors (Lipinski definition) is 4. The summed E-state index contributed by atoms with van der Waals surface area (Å²) in [6.07, 6.45) is -3.04. The van der Waals surface area contributed by atoms with E-state index in [-0.39, 0.29) is 41.8 Å². The first-order valence-corrected chi connectivity index (χ1v) is 11.5. The third kappa shape index (κ3) is 3.74. The quantitative estimate of drug-likeness (QED) is 0.426. The Balaban J connectivity index is 1.65. The van der Waals surface area contributed by atoms with Gasteiger partial charge in [-0.25, -0.2) is 9.59 Å². The predicted molar refractivity (Wildman–Crippen MR) is 125 cm³/mol. The molecule has 0 fully saturated rings. The van der Waals surface area contributed by atoms with Crippen molar-refractivity contribution in [1.29, 1.82) is 0 Å². The zero-order valence-corrected chi connectivity index (χ0v) is 19.8. The molecule has 37 heavy (non-hydrogen) atoms. The molecule has 2 atom stereocenters. The number of urea groups is 1. The molecule has 0 saturated heterocycles. The lowest BCUT2D eigenvalue weighted by Gasteiger charge is -2.32. The molecule has 1 aliphatic carbocycles. The fourth-order valence-electron chi connectivity index (χ4n) is 5.29. The lowest BCUT2D eigenvalue weighted by Crippen LogP contribution is -2.53.